The minimum Gasteiger partial charge on any atom is -0.494 e. The Morgan fingerprint density at radius 1 is 1.19 bits per heavy atom. The van der Waals surface area contributed by atoms with Gasteiger partial charge in [-0.25, -0.2) is 0 Å². The summed E-state index contributed by atoms with van der Waals surface area (Å²) in [6.07, 6.45) is 1.04. The topological polar surface area (TPSA) is 9.23 Å². The SMILES string of the molecule is CCCOc1ccc(-c2cc(=S)ss2)cc1. The van der Waals surface area contributed by atoms with Crippen molar-refractivity contribution in [2.75, 3.05) is 6.61 Å². The first-order valence-electron chi connectivity index (χ1n) is 5.13. The van der Waals surface area contributed by atoms with E-state index in [1.54, 1.807) is 20.7 Å². The van der Waals surface area contributed by atoms with Gasteiger partial charge in [-0.1, -0.05) is 39.8 Å². The lowest BCUT2D eigenvalue weighted by atomic mass is 10.2. The van der Waals surface area contributed by atoms with Gasteiger partial charge >= 0.3 is 0 Å². The van der Waals surface area contributed by atoms with E-state index in [4.69, 9.17) is 17.0 Å². The Hall–Kier alpha value is -0.710. The maximum absolute atomic E-state index is 5.54. The Kier molecular flexibility index (Phi) is 4.09. The molecule has 0 N–H and O–H groups in total. The number of hydrogen-bond acceptors (Lipinski definition) is 4. The minimum atomic E-state index is 0.775. The molecule has 0 radical (unpaired) electrons. The third-order valence-electron chi connectivity index (χ3n) is 2.07. The largest absolute Gasteiger partial charge is 0.494 e. The fourth-order valence-corrected chi connectivity index (χ4v) is 3.71. The number of hydrogen-bond donors (Lipinski definition) is 0. The van der Waals surface area contributed by atoms with E-state index >= 15 is 0 Å². The van der Waals surface area contributed by atoms with Gasteiger partial charge in [0.15, 0.2) is 0 Å². The van der Waals surface area contributed by atoms with Crippen LogP contribution in [0.3, 0.4) is 0 Å². The van der Waals surface area contributed by atoms with Crippen molar-refractivity contribution in [1.82, 2.24) is 0 Å². The van der Waals surface area contributed by atoms with Gasteiger partial charge < -0.3 is 4.74 Å². The second-order valence-corrected chi connectivity index (χ2v) is 6.28. The number of rotatable bonds is 4. The molecule has 0 aliphatic carbocycles. The third kappa shape index (κ3) is 2.90. The molecule has 1 aromatic carbocycles. The summed E-state index contributed by atoms with van der Waals surface area (Å²) < 4.78 is 6.49. The van der Waals surface area contributed by atoms with Crippen molar-refractivity contribution in [1.29, 1.82) is 0 Å². The second kappa shape index (κ2) is 5.57. The first-order chi connectivity index (χ1) is 7.79. The summed E-state index contributed by atoms with van der Waals surface area (Å²) in [5.41, 5.74) is 1.21. The zero-order valence-corrected chi connectivity index (χ0v) is 11.4. The first-order valence-corrected chi connectivity index (χ1v) is 7.69. The van der Waals surface area contributed by atoms with E-state index in [2.05, 4.69) is 19.1 Å². The summed E-state index contributed by atoms with van der Waals surface area (Å²) >= 11 is 5.12. The van der Waals surface area contributed by atoms with Crippen LogP contribution < -0.4 is 4.74 Å². The van der Waals surface area contributed by atoms with Crippen LogP contribution in [0.1, 0.15) is 13.3 Å². The molecule has 0 saturated heterocycles. The van der Waals surface area contributed by atoms with Gasteiger partial charge in [-0.05, 0) is 42.3 Å². The van der Waals surface area contributed by atoms with Gasteiger partial charge in [0.25, 0.3) is 0 Å². The fraction of sp³-hybridized carbons (Fsp3) is 0.250. The van der Waals surface area contributed by atoms with Crippen molar-refractivity contribution in [3.63, 3.8) is 0 Å². The van der Waals surface area contributed by atoms with Crippen molar-refractivity contribution >= 4 is 32.9 Å². The monoisotopic (exact) mass is 268 g/mol. The van der Waals surface area contributed by atoms with Crippen LogP contribution in [0, 0.1) is 3.82 Å². The summed E-state index contributed by atoms with van der Waals surface area (Å²) in [6.45, 7) is 2.88. The molecule has 0 aliphatic heterocycles. The van der Waals surface area contributed by atoms with E-state index in [1.165, 1.54) is 10.4 Å². The van der Waals surface area contributed by atoms with Gasteiger partial charge in [0.05, 0.1) is 6.61 Å². The second-order valence-electron chi connectivity index (χ2n) is 3.37. The van der Waals surface area contributed by atoms with Gasteiger partial charge in [-0.2, -0.15) is 0 Å². The summed E-state index contributed by atoms with van der Waals surface area (Å²) in [4.78, 5) is 1.23. The molecule has 84 valence electrons. The predicted octanol–water partition coefficient (Wildman–Crippen LogP) is 4.99. The molecule has 0 spiro atoms. The van der Waals surface area contributed by atoms with Crippen LogP contribution in [-0.4, -0.2) is 6.61 Å². The molecule has 1 heterocycles. The predicted molar refractivity (Wildman–Crippen MR) is 74.3 cm³/mol. The smallest absolute Gasteiger partial charge is 0.119 e. The first kappa shape index (κ1) is 11.8. The lowest BCUT2D eigenvalue weighted by Crippen LogP contribution is -1.94. The van der Waals surface area contributed by atoms with E-state index < -0.39 is 0 Å². The zero-order valence-electron chi connectivity index (χ0n) is 8.93. The average Bonchev–Trinajstić information content (AvgIpc) is 2.74. The number of benzene rings is 1. The fourth-order valence-electron chi connectivity index (χ4n) is 1.31. The molecule has 16 heavy (non-hydrogen) atoms. The van der Waals surface area contributed by atoms with Crippen molar-refractivity contribution in [2.45, 2.75) is 13.3 Å². The normalized spacial score (nSPS) is 10.3. The van der Waals surface area contributed by atoms with E-state index in [1.807, 2.05) is 18.2 Å². The highest BCUT2D eigenvalue weighted by Crippen LogP contribution is 2.30. The summed E-state index contributed by atoms with van der Waals surface area (Å²) in [7, 11) is 3.37. The maximum Gasteiger partial charge on any atom is 0.119 e. The molecular weight excluding hydrogens is 256 g/mol. The quantitative estimate of drug-likeness (QED) is 0.570. The molecule has 2 aromatic rings. The van der Waals surface area contributed by atoms with Crippen LogP contribution in [0.25, 0.3) is 10.4 Å². The lowest BCUT2D eigenvalue weighted by Gasteiger charge is -2.04. The molecule has 4 heteroatoms. The van der Waals surface area contributed by atoms with Gasteiger partial charge in [0.2, 0.25) is 0 Å². The Bertz CT molecular complexity index is 495. The highest BCUT2D eigenvalue weighted by Gasteiger charge is 2.00. The van der Waals surface area contributed by atoms with Crippen LogP contribution >= 0.6 is 32.9 Å². The average molecular weight is 268 g/mol. The molecular formula is C12H12OS3. The van der Waals surface area contributed by atoms with Crippen LogP contribution in [0.2, 0.25) is 0 Å². The van der Waals surface area contributed by atoms with Gasteiger partial charge in [0, 0.05) is 4.88 Å². The van der Waals surface area contributed by atoms with Crippen molar-refractivity contribution in [3.8, 4) is 16.2 Å². The van der Waals surface area contributed by atoms with E-state index in [9.17, 15) is 0 Å². The van der Waals surface area contributed by atoms with Crippen LogP contribution in [0.15, 0.2) is 30.3 Å². The Labute approximate surface area is 108 Å². The molecule has 0 saturated carbocycles. The summed E-state index contributed by atoms with van der Waals surface area (Å²) in [6, 6.07) is 10.2. The minimum absolute atomic E-state index is 0.775. The van der Waals surface area contributed by atoms with E-state index in [-0.39, 0.29) is 0 Å². The van der Waals surface area contributed by atoms with Crippen molar-refractivity contribution in [3.05, 3.63) is 34.2 Å². The summed E-state index contributed by atoms with van der Waals surface area (Å²) in [5, 5.41) is 0. The maximum atomic E-state index is 5.54. The Balaban J connectivity index is 2.16. The Morgan fingerprint density at radius 2 is 1.94 bits per heavy atom. The third-order valence-corrected chi connectivity index (χ3v) is 4.98. The molecule has 0 bridgehead atoms. The van der Waals surface area contributed by atoms with E-state index in [0.29, 0.717) is 0 Å². The van der Waals surface area contributed by atoms with Crippen molar-refractivity contribution < 1.29 is 4.74 Å². The molecule has 2 rings (SSSR count). The van der Waals surface area contributed by atoms with Crippen molar-refractivity contribution in [2.24, 2.45) is 0 Å². The molecule has 1 nitrogen and oxygen atoms in total. The van der Waals surface area contributed by atoms with Gasteiger partial charge in [-0.15, -0.1) is 0 Å². The molecule has 1 aromatic heterocycles. The highest BCUT2D eigenvalue weighted by atomic mass is 32.9. The molecule has 0 aliphatic rings. The van der Waals surface area contributed by atoms with Gasteiger partial charge in [0.1, 0.15) is 9.57 Å². The van der Waals surface area contributed by atoms with Crippen LogP contribution in [0.4, 0.5) is 0 Å². The molecule has 0 atom stereocenters. The lowest BCUT2D eigenvalue weighted by molar-refractivity contribution is 0.317. The number of ether oxygens (including phenoxy) is 1. The van der Waals surface area contributed by atoms with E-state index in [0.717, 1.165) is 22.6 Å². The highest BCUT2D eigenvalue weighted by molar-refractivity contribution is 7.80. The zero-order chi connectivity index (χ0) is 11.4. The molecule has 0 unspecified atom stereocenters. The van der Waals surface area contributed by atoms with Crippen LogP contribution in [-0.2, 0) is 0 Å². The van der Waals surface area contributed by atoms with Crippen LogP contribution in [0.5, 0.6) is 5.75 Å². The molecule has 0 amide bonds. The summed E-state index contributed by atoms with van der Waals surface area (Å²) in [5.74, 6) is 0.935. The Morgan fingerprint density at radius 3 is 2.50 bits per heavy atom. The molecule has 0 fully saturated rings. The van der Waals surface area contributed by atoms with Gasteiger partial charge in [-0.3, -0.25) is 0 Å². The standard InChI is InChI=1S/C12H12OS3/c1-2-7-13-10-5-3-9(4-6-10)11-8-12(14)16-15-11/h3-6,8H,2,7H2,1H3.